The van der Waals surface area contributed by atoms with E-state index in [0.717, 1.165) is 36.2 Å². The van der Waals surface area contributed by atoms with E-state index in [1.165, 1.54) is 10.6 Å². The molecule has 2 heterocycles. The van der Waals surface area contributed by atoms with Crippen LogP contribution >= 0.6 is 27.3 Å². The SMILES string of the molecule is Brc1ccccc1-c1csc(C2CCOCC2)n1. The Morgan fingerprint density at radius 3 is 2.78 bits per heavy atom. The van der Waals surface area contributed by atoms with Crippen LogP contribution in [0.3, 0.4) is 0 Å². The Kier molecular flexibility index (Phi) is 3.77. The average molecular weight is 324 g/mol. The number of rotatable bonds is 2. The molecule has 1 fully saturated rings. The van der Waals surface area contributed by atoms with Crippen molar-refractivity contribution in [2.75, 3.05) is 13.2 Å². The first-order valence-corrected chi connectivity index (χ1v) is 7.80. The molecule has 18 heavy (non-hydrogen) atoms. The Labute approximate surface area is 119 Å². The van der Waals surface area contributed by atoms with Crippen molar-refractivity contribution in [2.24, 2.45) is 0 Å². The number of hydrogen-bond acceptors (Lipinski definition) is 3. The predicted octanol–water partition coefficient (Wildman–Crippen LogP) is 4.47. The zero-order valence-corrected chi connectivity index (χ0v) is 12.3. The van der Waals surface area contributed by atoms with E-state index in [1.54, 1.807) is 11.3 Å². The smallest absolute Gasteiger partial charge is 0.0965 e. The summed E-state index contributed by atoms with van der Waals surface area (Å²) >= 11 is 5.35. The van der Waals surface area contributed by atoms with Crippen LogP contribution < -0.4 is 0 Å². The monoisotopic (exact) mass is 323 g/mol. The highest BCUT2D eigenvalue weighted by molar-refractivity contribution is 9.10. The Bertz CT molecular complexity index is 534. The quantitative estimate of drug-likeness (QED) is 0.813. The van der Waals surface area contributed by atoms with E-state index in [-0.39, 0.29) is 0 Å². The van der Waals surface area contributed by atoms with Crippen molar-refractivity contribution < 1.29 is 4.74 Å². The molecule has 0 N–H and O–H groups in total. The molecule has 1 aliphatic rings. The van der Waals surface area contributed by atoms with Crippen LogP contribution in [0.5, 0.6) is 0 Å². The van der Waals surface area contributed by atoms with Gasteiger partial charge in [-0.25, -0.2) is 4.98 Å². The average Bonchev–Trinajstić information content (AvgIpc) is 2.90. The molecule has 0 unspecified atom stereocenters. The highest BCUT2D eigenvalue weighted by Gasteiger charge is 2.19. The van der Waals surface area contributed by atoms with Gasteiger partial charge in [0.2, 0.25) is 0 Å². The van der Waals surface area contributed by atoms with Crippen LogP contribution in [-0.2, 0) is 4.74 Å². The molecule has 4 heteroatoms. The lowest BCUT2D eigenvalue weighted by Gasteiger charge is -2.19. The summed E-state index contributed by atoms with van der Waals surface area (Å²) in [4.78, 5) is 4.80. The molecule has 1 saturated heterocycles. The standard InChI is InChI=1S/C14H14BrNOS/c15-12-4-2-1-3-11(12)13-9-18-14(16-13)10-5-7-17-8-6-10/h1-4,9-10H,5-8H2. The van der Waals surface area contributed by atoms with Gasteiger partial charge in [-0.15, -0.1) is 11.3 Å². The van der Waals surface area contributed by atoms with Crippen molar-refractivity contribution >= 4 is 27.3 Å². The highest BCUT2D eigenvalue weighted by Crippen LogP contribution is 2.34. The minimum Gasteiger partial charge on any atom is -0.381 e. The third-order valence-corrected chi connectivity index (χ3v) is 4.94. The molecule has 0 radical (unpaired) electrons. The molecule has 0 atom stereocenters. The highest BCUT2D eigenvalue weighted by atomic mass is 79.9. The number of aromatic nitrogens is 1. The minimum absolute atomic E-state index is 0.583. The molecular formula is C14H14BrNOS. The van der Waals surface area contributed by atoms with Crippen LogP contribution in [0.25, 0.3) is 11.3 Å². The van der Waals surface area contributed by atoms with E-state index in [1.807, 2.05) is 12.1 Å². The second-order valence-electron chi connectivity index (χ2n) is 4.44. The summed E-state index contributed by atoms with van der Waals surface area (Å²) < 4.78 is 6.51. The van der Waals surface area contributed by atoms with Crippen molar-refractivity contribution in [1.29, 1.82) is 0 Å². The minimum atomic E-state index is 0.583. The largest absolute Gasteiger partial charge is 0.381 e. The maximum absolute atomic E-state index is 5.40. The van der Waals surface area contributed by atoms with E-state index in [0.29, 0.717) is 5.92 Å². The van der Waals surface area contributed by atoms with Crippen molar-refractivity contribution in [3.63, 3.8) is 0 Å². The lowest BCUT2D eigenvalue weighted by atomic mass is 10.0. The molecule has 2 aromatic rings. The van der Waals surface area contributed by atoms with Gasteiger partial charge in [-0.1, -0.05) is 34.1 Å². The lowest BCUT2D eigenvalue weighted by molar-refractivity contribution is 0.0853. The second-order valence-corrected chi connectivity index (χ2v) is 6.18. The van der Waals surface area contributed by atoms with Crippen molar-refractivity contribution in [1.82, 2.24) is 4.98 Å². The summed E-state index contributed by atoms with van der Waals surface area (Å²) in [7, 11) is 0. The fraction of sp³-hybridized carbons (Fsp3) is 0.357. The molecular weight excluding hydrogens is 310 g/mol. The van der Waals surface area contributed by atoms with Gasteiger partial charge in [-0.2, -0.15) is 0 Å². The maximum Gasteiger partial charge on any atom is 0.0965 e. The lowest BCUT2D eigenvalue weighted by Crippen LogP contribution is -2.13. The number of hydrogen-bond donors (Lipinski definition) is 0. The molecule has 1 aromatic carbocycles. The first kappa shape index (κ1) is 12.3. The van der Waals surface area contributed by atoms with Gasteiger partial charge < -0.3 is 4.74 Å². The van der Waals surface area contributed by atoms with Crippen LogP contribution in [0.15, 0.2) is 34.1 Å². The van der Waals surface area contributed by atoms with E-state index < -0.39 is 0 Å². The summed E-state index contributed by atoms with van der Waals surface area (Å²) in [5.41, 5.74) is 2.25. The van der Waals surface area contributed by atoms with E-state index in [2.05, 4.69) is 33.4 Å². The Hall–Kier alpha value is -0.710. The van der Waals surface area contributed by atoms with E-state index in [4.69, 9.17) is 9.72 Å². The van der Waals surface area contributed by atoms with Gasteiger partial charge in [0, 0.05) is 34.5 Å². The van der Waals surface area contributed by atoms with Crippen LogP contribution in [0, 0.1) is 0 Å². The number of nitrogens with zero attached hydrogens (tertiary/aromatic N) is 1. The summed E-state index contributed by atoms with van der Waals surface area (Å²) in [6.45, 7) is 1.74. The first-order chi connectivity index (χ1) is 8.84. The van der Waals surface area contributed by atoms with Gasteiger partial charge in [-0.3, -0.25) is 0 Å². The van der Waals surface area contributed by atoms with Gasteiger partial charge in [-0.05, 0) is 18.9 Å². The molecule has 94 valence electrons. The zero-order valence-electron chi connectivity index (χ0n) is 9.93. The van der Waals surface area contributed by atoms with Crippen LogP contribution in [0.4, 0.5) is 0 Å². The molecule has 1 aliphatic heterocycles. The van der Waals surface area contributed by atoms with Crippen molar-refractivity contribution in [3.05, 3.63) is 39.1 Å². The molecule has 0 saturated carbocycles. The Morgan fingerprint density at radius 1 is 1.22 bits per heavy atom. The summed E-state index contributed by atoms with van der Waals surface area (Å²) in [6.07, 6.45) is 2.20. The van der Waals surface area contributed by atoms with E-state index in [9.17, 15) is 0 Å². The van der Waals surface area contributed by atoms with Gasteiger partial charge in [0.15, 0.2) is 0 Å². The fourth-order valence-corrected chi connectivity index (χ4v) is 3.69. The van der Waals surface area contributed by atoms with Crippen LogP contribution in [-0.4, -0.2) is 18.2 Å². The first-order valence-electron chi connectivity index (χ1n) is 6.12. The molecule has 0 spiro atoms. The number of ether oxygens (including phenoxy) is 1. The van der Waals surface area contributed by atoms with Crippen molar-refractivity contribution in [2.45, 2.75) is 18.8 Å². The molecule has 1 aromatic heterocycles. The number of halogens is 1. The molecule has 0 bridgehead atoms. The maximum atomic E-state index is 5.40. The second kappa shape index (κ2) is 5.51. The predicted molar refractivity (Wildman–Crippen MR) is 78.0 cm³/mol. The van der Waals surface area contributed by atoms with E-state index >= 15 is 0 Å². The molecule has 0 amide bonds. The fourth-order valence-electron chi connectivity index (χ4n) is 2.21. The Balaban J connectivity index is 1.87. The molecule has 2 nitrogen and oxygen atoms in total. The summed E-state index contributed by atoms with van der Waals surface area (Å²) in [6, 6.07) is 8.24. The van der Waals surface area contributed by atoms with Crippen molar-refractivity contribution in [3.8, 4) is 11.3 Å². The summed E-state index contributed by atoms with van der Waals surface area (Å²) in [5, 5.41) is 3.41. The van der Waals surface area contributed by atoms with Gasteiger partial charge >= 0.3 is 0 Å². The van der Waals surface area contributed by atoms with Crippen LogP contribution in [0.1, 0.15) is 23.8 Å². The Morgan fingerprint density at radius 2 is 2.00 bits per heavy atom. The third-order valence-electron chi connectivity index (χ3n) is 3.24. The van der Waals surface area contributed by atoms with Gasteiger partial charge in [0.25, 0.3) is 0 Å². The number of thiazole rings is 1. The van der Waals surface area contributed by atoms with Gasteiger partial charge in [0.1, 0.15) is 0 Å². The molecule has 3 rings (SSSR count). The molecule has 0 aliphatic carbocycles. The zero-order chi connectivity index (χ0) is 12.4. The summed E-state index contributed by atoms with van der Waals surface area (Å²) in [5.74, 6) is 0.583. The van der Waals surface area contributed by atoms with Gasteiger partial charge in [0.05, 0.1) is 10.7 Å². The normalized spacial score (nSPS) is 16.9. The topological polar surface area (TPSA) is 22.1 Å². The van der Waals surface area contributed by atoms with Crippen LogP contribution in [0.2, 0.25) is 0 Å². The number of benzene rings is 1. The third kappa shape index (κ3) is 2.51.